The van der Waals surface area contributed by atoms with Gasteiger partial charge in [0.25, 0.3) is 5.91 Å². The molecule has 0 aliphatic rings. The maximum atomic E-state index is 12.2. The summed E-state index contributed by atoms with van der Waals surface area (Å²) in [6, 6.07) is 20.3. The van der Waals surface area contributed by atoms with Gasteiger partial charge < -0.3 is 5.32 Å². The van der Waals surface area contributed by atoms with Gasteiger partial charge in [0.2, 0.25) is 0 Å². The highest BCUT2D eigenvalue weighted by Gasteiger charge is 2.17. The van der Waals surface area contributed by atoms with Crippen molar-refractivity contribution in [3.05, 3.63) is 94.8 Å². The quantitative estimate of drug-likeness (QED) is 0.747. The molecule has 3 rings (SSSR count). The van der Waals surface area contributed by atoms with E-state index in [1.165, 1.54) is 6.20 Å². The fourth-order valence-corrected chi connectivity index (χ4v) is 2.80. The molecule has 0 radical (unpaired) electrons. The Kier molecular flexibility index (Phi) is 5.08. The van der Waals surface area contributed by atoms with Crippen molar-refractivity contribution in [2.75, 3.05) is 5.32 Å². The number of nitriles is 1. The van der Waals surface area contributed by atoms with Crippen LogP contribution in [0.2, 0.25) is 5.02 Å². The largest absolute Gasteiger partial charge is 0.322 e. The summed E-state index contributed by atoms with van der Waals surface area (Å²) < 4.78 is 0. The van der Waals surface area contributed by atoms with Crippen molar-refractivity contribution in [2.24, 2.45) is 0 Å². The number of benzene rings is 2. The molecule has 1 aromatic heterocycles. The summed E-state index contributed by atoms with van der Waals surface area (Å²) in [6.45, 7) is 0. The Labute approximate surface area is 150 Å². The van der Waals surface area contributed by atoms with Crippen LogP contribution in [-0.4, -0.2) is 10.9 Å². The molecule has 122 valence electrons. The van der Waals surface area contributed by atoms with E-state index in [9.17, 15) is 10.1 Å². The molecular formula is C20H14ClN3O. The zero-order chi connectivity index (χ0) is 17.6. The highest BCUT2D eigenvalue weighted by Crippen LogP contribution is 2.31. The van der Waals surface area contributed by atoms with Crippen molar-refractivity contribution in [3.8, 4) is 6.07 Å². The molecule has 1 heterocycles. The number of rotatable bonds is 4. The molecule has 0 saturated carbocycles. The summed E-state index contributed by atoms with van der Waals surface area (Å²) >= 11 is 6.37. The molecule has 25 heavy (non-hydrogen) atoms. The number of hydrogen-bond donors (Lipinski definition) is 1. The van der Waals surface area contributed by atoms with E-state index in [0.29, 0.717) is 21.8 Å². The van der Waals surface area contributed by atoms with Crippen molar-refractivity contribution in [3.63, 3.8) is 0 Å². The first kappa shape index (κ1) is 16.7. The Balaban J connectivity index is 1.84. The van der Waals surface area contributed by atoms with E-state index in [1.54, 1.807) is 36.5 Å². The molecule has 3 aromatic rings. The monoisotopic (exact) mass is 347 g/mol. The van der Waals surface area contributed by atoms with E-state index in [0.717, 1.165) is 5.56 Å². The van der Waals surface area contributed by atoms with Crippen LogP contribution in [0.15, 0.2) is 73.1 Å². The Morgan fingerprint density at radius 2 is 1.92 bits per heavy atom. The van der Waals surface area contributed by atoms with Gasteiger partial charge in [-0.1, -0.05) is 48.0 Å². The topological polar surface area (TPSA) is 65.8 Å². The van der Waals surface area contributed by atoms with Gasteiger partial charge in [-0.05, 0) is 35.4 Å². The molecule has 2 aromatic carbocycles. The van der Waals surface area contributed by atoms with Crippen LogP contribution in [-0.2, 0) is 0 Å². The van der Waals surface area contributed by atoms with Gasteiger partial charge in [-0.15, -0.1) is 0 Å². The first-order valence-electron chi connectivity index (χ1n) is 7.64. The minimum atomic E-state index is -0.461. The number of carbonyl (C=O) groups excluding carboxylic acids is 1. The number of anilines is 1. The summed E-state index contributed by atoms with van der Waals surface area (Å²) in [4.78, 5) is 16.1. The van der Waals surface area contributed by atoms with Gasteiger partial charge in [-0.2, -0.15) is 5.26 Å². The minimum absolute atomic E-state index is 0.267. The molecule has 1 atom stereocenters. The highest BCUT2D eigenvalue weighted by atomic mass is 35.5. The third-order valence-corrected chi connectivity index (χ3v) is 4.08. The van der Waals surface area contributed by atoms with Gasteiger partial charge in [0.05, 0.1) is 17.6 Å². The Morgan fingerprint density at radius 1 is 1.12 bits per heavy atom. The molecule has 0 fully saturated rings. The van der Waals surface area contributed by atoms with Crippen LogP contribution in [0.3, 0.4) is 0 Å². The number of nitrogens with zero attached hydrogens (tertiary/aromatic N) is 2. The second-order valence-electron chi connectivity index (χ2n) is 5.40. The average molecular weight is 348 g/mol. The lowest BCUT2D eigenvalue weighted by Crippen LogP contribution is -2.12. The lowest BCUT2D eigenvalue weighted by molar-refractivity contribution is 0.102. The summed E-state index contributed by atoms with van der Waals surface area (Å²) in [7, 11) is 0. The standard InChI is InChI=1S/C20H14ClN3O/c21-19-11-16(24-20(25)15-7-4-10-23-13-15)8-9-17(19)18(12-22)14-5-2-1-3-6-14/h1-11,13,18H,(H,24,25)/t18-/m1/s1. The van der Waals surface area contributed by atoms with Gasteiger partial charge in [-0.3, -0.25) is 9.78 Å². The summed E-state index contributed by atoms with van der Waals surface area (Å²) in [6.07, 6.45) is 3.10. The Morgan fingerprint density at radius 3 is 2.56 bits per heavy atom. The number of pyridine rings is 1. The summed E-state index contributed by atoms with van der Waals surface area (Å²) in [5.74, 6) is -0.728. The number of nitrogens with one attached hydrogen (secondary N) is 1. The number of halogens is 1. The molecule has 1 N–H and O–H groups in total. The van der Waals surface area contributed by atoms with Crippen molar-refractivity contribution in [1.82, 2.24) is 4.98 Å². The Hall–Kier alpha value is -3.16. The van der Waals surface area contributed by atoms with Gasteiger partial charge in [0.1, 0.15) is 0 Å². The van der Waals surface area contributed by atoms with E-state index in [2.05, 4.69) is 16.4 Å². The van der Waals surface area contributed by atoms with Crippen LogP contribution in [0.4, 0.5) is 5.69 Å². The van der Waals surface area contributed by atoms with Crippen LogP contribution in [0.5, 0.6) is 0 Å². The van der Waals surface area contributed by atoms with E-state index in [4.69, 9.17) is 11.6 Å². The lowest BCUT2D eigenvalue weighted by atomic mass is 9.92. The van der Waals surface area contributed by atoms with Crippen molar-refractivity contribution < 1.29 is 4.79 Å². The number of hydrogen-bond acceptors (Lipinski definition) is 3. The smallest absolute Gasteiger partial charge is 0.257 e. The predicted molar refractivity (Wildman–Crippen MR) is 97.5 cm³/mol. The van der Waals surface area contributed by atoms with E-state index < -0.39 is 5.92 Å². The molecule has 0 spiro atoms. The molecule has 0 aliphatic carbocycles. The van der Waals surface area contributed by atoms with E-state index >= 15 is 0 Å². The Bertz CT molecular complexity index is 921. The lowest BCUT2D eigenvalue weighted by Gasteiger charge is -2.13. The first-order valence-corrected chi connectivity index (χ1v) is 8.02. The molecule has 0 bridgehead atoms. The van der Waals surface area contributed by atoms with Crippen molar-refractivity contribution >= 4 is 23.2 Å². The number of carbonyl (C=O) groups is 1. The number of aromatic nitrogens is 1. The van der Waals surface area contributed by atoms with Crippen LogP contribution in [0.25, 0.3) is 0 Å². The van der Waals surface area contributed by atoms with Gasteiger partial charge in [0, 0.05) is 23.1 Å². The first-order chi connectivity index (χ1) is 12.2. The molecular weight excluding hydrogens is 334 g/mol. The molecule has 0 unspecified atom stereocenters. The normalized spacial score (nSPS) is 11.4. The maximum absolute atomic E-state index is 12.2. The molecule has 0 aliphatic heterocycles. The minimum Gasteiger partial charge on any atom is -0.322 e. The zero-order valence-corrected chi connectivity index (χ0v) is 13.9. The highest BCUT2D eigenvalue weighted by molar-refractivity contribution is 6.31. The molecule has 1 amide bonds. The van der Waals surface area contributed by atoms with Crippen LogP contribution in [0, 0.1) is 11.3 Å². The second-order valence-corrected chi connectivity index (χ2v) is 5.81. The van der Waals surface area contributed by atoms with Gasteiger partial charge >= 0.3 is 0 Å². The second kappa shape index (κ2) is 7.61. The van der Waals surface area contributed by atoms with E-state index in [1.807, 2.05) is 30.3 Å². The molecule has 4 nitrogen and oxygen atoms in total. The fourth-order valence-electron chi connectivity index (χ4n) is 2.51. The van der Waals surface area contributed by atoms with Crippen LogP contribution in [0.1, 0.15) is 27.4 Å². The zero-order valence-electron chi connectivity index (χ0n) is 13.2. The SMILES string of the molecule is N#C[C@H](c1ccccc1)c1ccc(NC(=O)c2cccnc2)cc1Cl. The third kappa shape index (κ3) is 3.85. The van der Waals surface area contributed by atoms with Crippen LogP contribution < -0.4 is 5.32 Å². The molecule has 0 saturated heterocycles. The predicted octanol–water partition coefficient (Wildman–Crippen LogP) is 4.64. The van der Waals surface area contributed by atoms with Gasteiger partial charge in [0.15, 0.2) is 0 Å². The summed E-state index contributed by atoms with van der Waals surface area (Å²) in [5.41, 5.74) is 2.60. The van der Waals surface area contributed by atoms with Crippen molar-refractivity contribution in [1.29, 1.82) is 5.26 Å². The third-order valence-electron chi connectivity index (χ3n) is 3.76. The summed E-state index contributed by atoms with van der Waals surface area (Å²) in [5, 5.41) is 12.7. The average Bonchev–Trinajstić information content (AvgIpc) is 2.65. The fraction of sp³-hybridized carbons (Fsp3) is 0.0500. The van der Waals surface area contributed by atoms with Crippen LogP contribution >= 0.6 is 11.6 Å². The maximum Gasteiger partial charge on any atom is 0.257 e. The van der Waals surface area contributed by atoms with Gasteiger partial charge in [-0.25, -0.2) is 0 Å². The number of amides is 1. The molecule has 5 heteroatoms. The van der Waals surface area contributed by atoms with E-state index in [-0.39, 0.29) is 5.91 Å². The van der Waals surface area contributed by atoms with Crippen molar-refractivity contribution in [2.45, 2.75) is 5.92 Å².